The van der Waals surface area contributed by atoms with Crippen molar-refractivity contribution in [2.45, 2.75) is 19.8 Å². The minimum Gasteiger partial charge on any atom is -0.494 e. The van der Waals surface area contributed by atoms with Gasteiger partial charge in [-0.1, -0.05) is 31.2 Å². The van der Waals surface area contributed by atoms with Crippen LogP contribution < -0.4 is 10.1 Å². The largest absolute Gasteiger partial charge is 0.494 e. The molecule has 0 spiro atoms. The number of hydrogen-bond acceptors (Lipinski definition) is 3. The Morgan fingerprint density at radius 2 is 1.86 bits per heavy atom. The fourth-order valence-corrected chi connectivity index (χ4v) is 2.83. The van der Waals surface area contributed by atoms with Gasteiger partial charge >= 0.3 is 0 Å². The highest BCUT2D eigenvalue weighted by molar-refractivity contribution is 6.22. The van der Waals surface area contributed by atoms with E-state index in [4.69, 9.17) is 4.74 Å². The number of benzene rings is 2. The Bertz CT molecular complexity index is 752. The summed E-state index contributed by atoms with van der Waals surface area (Å²) in [6.45, 7) is 4.57. The van der Waals surface area contributed by atoms with Crippen LogP contribution >= 0.6 is 0 Å². The molecule has 1 N–H and O–H groups in total. The Balaban J connectivity index is 2.04. The molecular formula is C18H17NO3. The first-order valence-electron chi connectivity index (χ1n) is 7.33. The summed E-state index contributed by atoms with van der Waals surface area (Å²) in [5, 5.41) is 2.36. The molecule has 2 amide bonds. The van der Waals surface area contributed by atoms with Gasteiger partial charge in [0.25, 0.3) is 11.8 Å². The fraction of sp³-hybridized carbons (Fsp3) is 0.222. The zero-order chi connectivity index (χ0) is 15.7. The van der Waals surface area contributed by atoms with E-state index in [1.54, 1.807) is 6.07 Å². The summed E-state index contributed by atoms with van der Waals surface area (Å²) in [7, 11) is 0. The molecule has 4 nitrogen and oxygen atoms in total. The van der Waals surface area contributed by atoms with Gasteiger partial charge in [0.2, 0.25) is 0 Å². The molecule has 0 aromatic heterocycles. The molecule has 1 aliphatic heterocycles. The second-order valence-corrected chi connectivity index (χ2v) is 5.28. The van der Waals surface area contributed by atoms with Gasteiger partial charge in [-0.3, -0.25) is 14.9 Å². The van der Waals surface area contributed by atoms with Crippen LogP contribution in [0.15, 0.2) is 42.5 Å². The monoisotopic (exact) mass is 295 g/mol. The van der Waals surface area contributed by atoms with E-state index in [0.29, 0.717) is 17.7 Å². The van der Waals surface area contributed by atoms with E-state index < -0.39 is 0 Å². The van der Waals surface area contributed by atoms with E-state index in [2.05, 4.69) is 5.32 Å². The minimum atomic E-state index is -0.322. The van der Waals surface area contributed by atoms with Gasteiger partial charge in [0.05, 0.1) is 17.7 Å². The number of carbonyl (C=O) groups excluding carboxylic acids is 2. The predicted molar refractivity (Wildman–Crippen MR) is 83.4 cm³/mol. The third-order valence-electron chi connectivity index (χ3n) is 3.93. The third-order valence-corrected chi connectivity index (χ3v) is 3.93. The van der Waals surface area contributed by atoms with Crippen LogP contribution in [0.25, 0.3) is 0 Å². The lowest BCUT2D eigenvalue weighted by atomic mass is 9.88. The van der Waals surface area contributed by atoms with Crippen LogP contribution in [0, 0.1) is 0 Å². The van der Waals surface area contributed by atoms with Gasteiger partial charge in [0, 0.05) is 5.92 Å². The molecule has 0 radical (unpaired) electrons. The van der Waals surface area contributed by atoms with Crippen LogP contribution in [0.4, 0.5) is 0 Å². The first-order valence-corrected chi connectivity index (χ1v) is 7.33. The molecule has 3 rings (SSSR count). The fourth-order valence-electron chi connectivity index (χ4n) is 2.83. The molecule has 1 aliphatic rings. The number of rotatable bonds is 4. The van der Waals surface area contributed by atoms with Gasteiger partial charge in [-0.2, -0.15) is 0 Å². The summed E-state index contributed by atoms with van der Waals surface area (Å²) >= 11 is 0. The van der Waals surface area contributed by atoms with Crippen molar-refractivity contribution in [2.24, 2.45) is 0 Å². The van der Waals surface area contributed by atoms with Crippen molar-refractivity contribution in [3.63, 3.8) is 0 Å². The van der Waals surface area contributed by atoms with Crippen LogP contribution in [-0.2, 0) is 0 Å². The Hall–Kier alpha value is -2.62. The zero-order valence-corrected chi connectivity index (χ0v) is 12.6. The molecule has 2 aromatic carbocycles. The summed E-state index contributed by atoms with van der Waals surface area (Å²) in [5.41, 5.74) is 2.85. The molecule has 1 atom stereocenters. The lowest BCUT2D eigenvalue weighted by molar-refractivity contribution is 0.0879. The van der Waals surface area contributed by atoms with E-state index >= 15 is 0 Å². The van der Waals surface area contributed by atoms with Crippen LogP contribution in [0.1, 0.15) is 51.6 Å². The standard InChI is InChI=1S/C18H17NO3/c1-3-22-13-7-4-6-12(10-13)11(2)14-8-5-9-15-16(14)18(21)19-17(15)20/h4-11H,3H2,1-2H3,(H,19,20,21)/t11-/m1/s1. The SMILES string of the molecule is CCOc1cccc([C@@H](C)c2cccc3c2C(=O)NC3=O)c1. The summed E-state index contributed by atoms with van der Waals surface area (Å²) in [6, 6.07) is 13.2. The van der Waals surface area contributed by atoms with Crippen molar-refractivity contribution >= 4 is 11.8 Å². The van der Waals surface area contributed by atoms with Crippen LogP contribution in [-0.4, -0.2) is 18.4 Å². The molecule has 4 heteroatoms. The topological polar surface area (TPSA) is 55.4 Å². The number of fused-ring (bicyclic) bond motifs is 1. The molecule has 0 aliphatic carbocycles. The molecule has 0 saturated heterocycles. The molecule has 22 heavy (non-hydrogen) atoms. The first kappa shape index (κ1) is 14.3. The highest BCUT2D eigenvalue weighted by atomic mass is 16.5. The third kappa shape index (κ3) is 2.37. The van der Waals surface area contributed by atoms with Crippen LogP contribution in [0.2, 0.25) is 0 Å². The van der Waals surface area contributed by atoms with E-state index in [-0.39, 0.29) is 17.7 Å². The maximum absolute atomic E-state index is 12.0. The quantitative estimate of drug-likeness (QED) is 0.882. The Labute approximate surface area is 129 Å². The van der Waals surface area contributed by atoms with Gasteiger partial charge in [-0.25, -0.2) is 0 Å². The van der Waals surface area contributed by atoms with E-state index in [9.17, 15) is 9.59 Å². The number of amides is 2. The average molecular weight is 295 g/mol. The van der Waals surface area contributed by atoms with Gasteiger partial charge in [0.1, 0.15) is 5.75 Å². The van der Waals surface area contributed by atoms with Crippen molar-refractivity contribution in [3.05, 3.63) is 64.7 Å². The van der Waals surface area contributed by atoms with Gasteiger partial charge in [-0.05, 0) is 36.2 Å². The molecule has 0 bridgehead atoms. The molecule has 0 fully saturated rings. The van der Waals surface area contributed by atoms with E-state index in [1.165, 1.54) is 0 Å². The molecule has 112 valence electrons. The summed E-state index contributed by atoms with van der Waals surface area (Å²) in [4.78, 5) is 23.8. The highest BCUT2D eigenvalue weighted by Gasteiger charge is 2.30. The lowest BCUT2D eigenvalue weighted by Gasteiger charge is -2.16. The maximum Gasteiger partial charge on any atom is 0.259 e. The first-order chi connectivity index (χ1) is 10.6. The van der Waals surface area contributed by atoms with Gasteiger partial charge in [-0.15, -0.1) is 0 Å². The van der Waals surface area contributed by atoms with Crippen molar-refractivity contribution in [3.8, 4) is 5.75 Å². The average Bonchev–Trinajstić information content (AvgIpc) is 2.82. The van der Waals surface area contributed by atoms with E-state index in [1.807, 2.05) is 50.2 Å². The smallest absolute Gasteiger partial charge is 0.259 e. The Kier molecular flexibility index (Phi) is 3.67. The molecule has 0 unspecified atom stereocenters. The lowest BCUT2D eigenvalue weighted by Crippen LogP contribution is -2.20. The molecule has 2 aromatic rings. The minimum absolute atomic E-state index is 0.00740. The Morgan fingerprint density at radius 1 is 1.09 bits per heavy atom. The van der Waals surface area contributed by atoms with Gasteiger partial charge < -0.3 is 4.74 Å². The highest BCUT2D eigenvalue weighted by Crippen LogP contribution is 2.32. The number of carbonyl (C=O) groups is 2. The van der Waals surface area contributed by atoms with Crippen molar-refractivity contribution in [2.75, 3.05) is 6.61 Å². The van der Waals surface area contributed by atoms with Crippen molar-refractivity contribution in [1.82, 2.24) is 5.32 Å². The number of ether oxygens (including phenoxy) is 1. The van der Waals surface area contributed by atoms with Gasteiger partial charge in [0.15, 0.2) is 0 Å². The molecule has 0 saturated carbocycles. The van der Waals surface area contributed by atoms with Crippen molar-refractivity contribution < 1.29 is 14.3 Å². The van der Waals surface area contributed by atoms with Crippen LogP contribution in [0.3, 0.4) is 0 Å². The predicted octanol–water partition coefficient (Wildman–Crippen LogP) is 3.12. The number of nitrogens with one attached hydrogen (secondary N) is 1. The van der Waals surface area contributed by atoms with E-state index in [0.717, 1.165) is 16.9 Å². The normalized spacial score (nSPS) is 14.5. The van der Waals surface area contributed by atoms with Crippen molar-refractivity contribution in [1.29, 1.82) is 0 Å². The number of imide groups is 1. The Morgan fingerprint density at radius 3 is 2.64 bits per heavy atom. The zero-order valence-electron chi connectivity index (χ0n) is 12.6. The van der Waals surface area contributed by atoms with Crippen LogP contribution in [0.5, 0.6) is 5.75 Å². The summed E-state index contributed by atoms with van der Waals surface area (Å²) in [6.07, 6.45) is 0. The molecule has 1 heterocycles. The second kappa shape index (κ2) is 5.64. The molecular weight excluding hydrogens is 278 g/mol. The number of hydrogen-bond donors (Lipinski definition) is 1. The maximum atomic E-state index is 12.0. The summed E-state index contributed by atoms with van der Waals surface area (Å²) in [5.74, 6) is 0.160. The summed E-state index contributed by atoms with van der Waals surface area (Å²) < 4.78 is 5.53. The second-order valence-electron chi connectivity index (χ2n) is 5.28.